The average molecular weight is 380 g/mol. The van der Waals surface area contributed by atoms with Crippen molar-refractivity contribution in [1.29, 1.82) is 0 Å². The molecule has 3 rings (SSSR count). The molecule has 1 amide bonds. The van der Waals surface area contributed by atoms with Crippen LogP contribution in [0.5, 0.6) is 0 Å². The zero-order valence-corrected chi connectivity index (χ0v) is 14.6. The normalized spacial score (nSPS) is 13.4. The van der Waals surface area contributed by atoms with Crippen molar-refractivity contribution in [3.8, 4) is 0 Å². The first-order valence-electron chi connectivity index (χ1n) is 7.50. The second-order valence-electron chi connectivity index (χ2n) is 5.47. The van der Waals surface area contributed by atoms with Gasteiger partial charge in [-0.2, -0.15) is 0 Å². The Hall–Kier alpha value is -2.15. The molecule has 2 N–H and O–H groups in total. The number of benzene rings is 1. The predicted octanol–water partition coefficient (Wildman–Crippen LogP) is 3.73. The van der Waals surface area contributed by atoms with Gasteiger partial charge < -0.3 is 14.8 Å². The number of amides is 1. The van der Waals surface area contributed by atoms with Crippen molar-refractivity contribution in [2.45, 2.75) is 12.0 Å². The van der Waals surface area contributed by atoms with Gasteiger partial charge in [0.1, 0.15) is 11.6 Å². The van der Waals surface area contributed by atoms with Gasteiger partial charge in [0.05, 0.1) is 19.2 Å². The molecule has 7 heteroatoms. The predicted molar refractivity (Wildman–Crippen MR) is 94.1 cm³/mol. The van der Waals surface area contributed by atoms with E-state index in [0.717, 1.165) is 0 Å². The first-order valence-corrected chi connectivity index (χ1v) is 8.76. The summed E-state index contributed by atoms with van der Waals surface area (Å²) in [6.07, 6.45) is 1.24. The lowest BCUT2D eigenvalue weighted by molar-refractivity contribution is -0.121. The minimum atomic E-state index is -1.49. The van der Waals surface area contributed by atoms with E-state index in [4.69, 9.17) is 16.0 Å². The lowest BCUT2D eigenvalue weighted by atomic mass is 9.98. The number of rotatable bonds is 6. The van der Waals surface area contributed by atoms with Crippen molar-refractivity contribution in [1.82, 2.24) is 5.32 Å². The summed E-state index contributed by atoms with van der Waals surface area (Å²) in [5.41, 5.74) is -1.37. The van der Waals surface area contributed by atoms with Gasteiger partial charge in [0.2, 0.25) is 5.91 Å². The van der Waals surface area contributed by atoms with Gasteiger partial charge in [-0.1, -0.05) is 23.7 Å². The second kappa shape index (κ2) is 7.39. The Morgan fingerprint density at radius 3 is 2.76 bits per heavy atom. The van der Waals surface area contributed by atoms with Crippen LogP contribution in [0.1, 0.15) is 16.2 Å². The third-order valence-corrected chi connectivity index (χ3v) is 5.17. The maximum atomic E-state index is 13.8. The lowest BCUT2D eigenvalue weighted by Gasteiger charge is -2.25. The molecule has 0 saturated carbocycles. The van der Waals surface area contributed by atoms with Gasteiger partial charge in [-0.3, -0.25) is 4.79 Å². The molecule has 0 bridgehead atoms. The molecular formula is C18H15ClFNO3S. The van der Waals surface area contributed by atoms with E-state index >= 15 is 0 Å². The zero-order valence-electron chi connectivity index (χ0n) is 13.0. The zero-order chi connectivity index (χ0) is 17.9. The number of carbonyl (C=O) groups excluding carboxylic acids is 1. The van der Waals surface area contributed by atoms with Crippen molar-refractivity contribution in [2.75, 3.05) is 6.54 Å². The Bertz CT molecular complexity index is 795. The number of nitrogens with one attached hydrogen (secondary N) is 1. The van der Waals surface area contributed by atoms with Crippen LogP contribution in [0.25, 0.3) is 0 Å². The van der Waals surface area contributed by atoms with Crippen molar-refractivity contribution >= 4 is 28.8 Å². The van der Waals surface area contributed by atoms with Crippen LogP contribution in [0, 0.1) is 5.82 Å². The number of carbonyl (C=O) groups is 1. The third-order valence-electron chi connectivity index (χ3n) is 3.80. The molecule has 0 radical (unpaired) electrons. The highest BCUT2D eigenvalue weighted by atomic mass is 35.5. The van der Waals surface area contributed by atoms with E-state index in [1.807, 2.05) is 5.38 Å². The molecule has 4 nitrogen and oxygen atoms in total. The molecule has 0 fully saturated rings. The van der Waals surface area contributed by atoms with Crippen molar-refractivity contribution in [3.63, 3.8) is 0 Å². The first kappa shape index (κ1) is 17.7. The second-order valence-corrected chi connectivity index (χ2v) is 6.82. The van der Waals surface area contributed by atoms with Crippen LogP contribution < -0.4 is 5.32 Å². The largest absolute Gasteiger partial charge is 0.466 e. The molecule has 25 heavy (non-hydrogen) atoms. The summed E-state index contributed by atoms with van der Waals surface area (Å²) in [6, 6.07) is 11.1. The summed E-state index contributed by atoms with van der Waals surface area (Å²) >= 11 is 7.29. The molecule has 1 aromatic carbocycles. The Balaban J connectivity index is 1.75. The number of hydrogen-bond acceptors (Lipinski definition) is 4. The fourth-order valence-corrected chi connectivity index (χ4v) is 3.53. The van der Waals surface area contributed by atoms with Crippen LogP contribution in [0.4, 0.5) is 4.39 Å². The highest BCUT2D eigenvalue weighted by molar-refractivity contribution is 7.10. The van der Waals surface area contributed by atoms with Crippen molar-refractivity contribution in [3.05, 3.63) is 81.1 Å². The number of furan rings is 1. The Morgan fingerprint density at radius 1 is 1.28 bits per heavy atom. The smallest absolute Gasteiger partial charge is 0.224 e. The van der Waals surface area contributed by atoms with Crippen LogP contribution in [0.3, 0.4) is 0 Å². The molecule has 1 atom stereocenters. The molecule has 0 spiro atoms. The molecule has 2 aromatic heterocycles. The SMILES string of the molecule is O=C(Cc1c(F)cccc1Cl)NCC(O)(c1ccco1)c1cccs1. The van der Waals surface area contributed by atoms with E-state index in [-0.39, 0.29) is 23.6 Å². The number of thiophene rings is 1. The number of hydrogen-bond donors (Lipinski definition) is 2. The van der Waals surface area contributed by atoms with Crippen LogP contribution in [0.2, 0.25) is 5.02 Å². The minimum absolute atomic E-state index is 0.105. The van der Waals surface area contributed by atoms with Gasteiger partial charge in [0.25, 0.3) is 0 Å². The van der Waals surface area contributed by atoms with E-state index in [1.165, 1.54) is 35.8 Å². The lowest BCUT2D eigenvalue weighted by Crippen LogP contribution is -2.41. The monoisotopic (exact) mass is 379 g/mol. The van der Waals surface area contributed by atoms with Crippen molar-refractivity contribution in [2.24, 2.45) is 0 Å². The summed E-state index contributed by atoms with van der Waals surface area (Å²) in [5.74, 6) is -0.671. The van der Waals surface area contributed by atoms with Gasteiger partial charge in [0.15, 0.2) is 5.60 Å². The Morgan fingerprint density at radius 2 is 2.12 bits per heavy atom. The van der Waals surface area contributed by atoms with Crippen LogP contribution in [-0.4, -0.2) is 17.6 Å². The van der Waals surface area contributed by atoms with E-state index in [9.17, 15) is 14.3 Å². The van der Waals surface area contributed by atoms with E-state index in [2.05, 4.69) is 5.32 Å². The molecule has 0 aliphatic heterocycles. The molecule has 2 heterocycles. The highest BCUT2D eigenvalue weighted by Crippen LogP contribution is 2.32. The van der Waals surface area contributed by atoms with Gasteiger partial charge in [0, 0.05) is 15.5 Å². The minimum Gasteiger partial charge on any atom is -0.466 e. The topological polar surface area (TPSA) is 62.5 Å². The summed E-state index contributed by atoms with van der Waals surface area (Å²) in [4.78, 5) is 12.9. The fourth-order valence-electron chi connectivity index (χ4n) is 2.47. The van der Waals surface area contributed by atoms with E-state index in [0.29, 0.717) is 10.6 Å². The van der Waals surface area contributed by atoms with E-state index in [1.54, 1.807) is 24.3 Å². The average Bonchev–Trinajstić information content (AvgIpc) is 3.30. The van der Waals surface area contributed by atoms with Crippen LogP contribution >= 0.6 is 22.9 Å². The van der Waals surface area contributed by atoms with Crippen molar-refractivity contribution < 1.29 is 18.7 Å². The number of halogens is 2. The summed E-state index contributed by atoms with van der Waals surface area (Å²) in [7, 11) is 0. The molecule has 0 aliphatic carbocycles. The summed E-state index contributed by atoms with van der Waals surface area (Å²) in [5, 5.41) is 15.7. The van der Waals surface area contributed by atoms with Crippen LogP contribution in [-0.2, 0) is 16.8 Å². The molecule has 0 saturated heterocycles. The molecule has 1 unspecified atom stereocenters. The maximum Gasteiger partial charge on any atom is 0.224 e. The first-order chi connectivity index (χ1) is 12.0. The maximum absolute atomic E-state index is 13.8. The summed E-state index contributed by atoms with van der Waals surface area (Å²) in [6.45, 7) is -0.105. The number of aliphatic hydroxyl groups is 1. The Labute approximate surface area is 152 Å². The van der Waals surface area contributed by atoms with Gasteiger partial charge >= 0.3 is 0 Å². The third kappa shape index (κ3) is 3.76. The van der Waals surface area contributed by atoms with Gasteiger partial charge in [-0.25, -0.2) is 4.39 Å². The van der Waals surface area contributed by atoms with Crippen LogP contribution in [0.15, 0.2) is 58.5 Å². The molecule has 130 valence electrons. The molecule has 0 aliphatic rings. The summed E-state index contributed by atoms with van der Waals surface area (Å²) < 4.78 is 19.1. The highest BCUT2D eigenvalue weighted by Gasteiger charge is 2.36. The van der Waals surface area contributed by atoms with Gasteiger partial charge in [-0.15, -0.1) is 11.3 Å². The Kier molecular flexibility index (Phi) is 5.22. The molecular weight excluding hydrogens is 365 g/mol. The quantitative estimate of drug-likeness (QED) is 0.686. The van der Waals surface area contributed by atoms with E-state index < -0.39 is 17.3 Å². The fraction of sp³-hybridized carbons (Fsp3) is 0.167. The van der Waals surface area contributed by atoms with Gasteiger partial charge in [-0.05, 0) is 35.7 Å². The molecule has 3 aromatic rings. The standard InChI is InChI=1S/C18H15ClFNO3S/c19-13-4-1-5-14(20)12(13)10-17(22)21-11-18(23,15-6-2-8-24-15)16-7-3-9-25-16/h1-9,23H,10-11H2,(H,21,22).